The Morgan fingerprint density at radius 3 is 2.39 bits per heavy atom. The van der Waals surface area contributed by atoms with Crippen LogP contribution in [0.5, 0.6) is 0 Å². The Bertz CT molecular complexity index is 2990. The van der Waals surface area contributed by atoms with Gasteiger partial charge in [-0.1, -0.05) is 43.7 Å². The SMILES string of the molecule is CC[C@@]1(O)C(=O)OCc2c1cc1n(c2=O)Cc2c-1nc1cc(F)c(C)c3c1c2[C@@H](NC(=O)COCNC(=O)CCC[C@H](Cc1ccccc1)NC(=O)CCC(=O)CNC(=O)CCCCCN1C(=O)C=CC1=O)CC3. The number of hydrogen-bond donors (Lipinski definition) is 5. The number of Topliss-reactive ketones (excluding diaryl/α,β-unsaturated/α-hetero) is 1. The molecule has 390 valence electrons. The van der Waals surface area contributed by atoms with E-state index in [1.54, 1.807) is 19.9 Å². The average Bonchev–Trinajstić information content (AvgIpc) is 3.94. The van der Waals surface area contributed by atoms with E-state index in [1.807, 2.05) is 30.3 Å². The molecule has 8 rings (SSSR count). The van der Waals surface area contributed by atoms with Crippen molar-refractivity contribution >= 4 is 58.1 Å². The Balaban J connectivity index is 0.792. The van der Waals surface area contributed by atoms with Crippen LogP contribution in [0.25, 0.3) is 22.3 Å². The lowest BCUT2D eigenvalue weighted by molar-refractivity contribution is -0.172. The van der Waals surface area contributed by atoms with Crippen LogP contribution in [-0.2, 0) is 79.4 Å². The van der Waals surface area contributed by atoms with Crippen LogP contribution < -0.4 is 26.8 Å². The van der Waals surface area contributed by atoms with Gasteiger partial charge < -0.3 is 40.4 Å². The number of ether oxygens (including phenoxy) is 2. The predicted molar refractivity (Wildman–Crippen MR) is 265 cm³/mol. The summed E-state index contributed by atoms with van der Waals surface area (Å²) in [6.45, 7) is 2.52. The van der Waals surface area contributed by atoms with Crippen LogP contribution in [0.2, 0.25) is 0 Å². The molecule has 0 bridgehead atoms. The van der Waals surface area contributed by atoms with Crippen molar-refractivity contribution in [3.05, 3.63) is 110 Å². The van der Waals surface area contributed by atoms with E-state index in [9.17, 15) is 48.3 Å². The van der Waals surface area contributed by atoms with E-state index in [0.717, 1.165) is 16.0 Å². The van der Waals surface area contributed by atoms with Gasteiger partial charge in [0.1, 0.15) is 25.8 Å². The summed E-state index contributed by atoms with van der Waals surface area (Å²) >= 11 is 0. The molecule has 2 aromatic carbocycles. The summed E-state index contributed by atoms with van der Waals surface area (Å²) in [5, 5.41) is 23.3. The van der Waals surface area contributed by atoms with Gasteiger partial charge in [0.25, 0.3) is 17.4 Å². The van der Waals surface area contributed by atoms with Crippen LogP contribution in [0, 0.1) is 12.7 Å². The summed E-state index contributed by atoms with van der Waals surface area (Å²) < 4.78 is 27.7. The monoisotopic (exact) mass is 1020 g/mol. The fraction of sp³-hybridized carbons (Fsp3) is 0.444. The number of nitrogens with one attached hydrogen (secondary N) is 4. The number of ketones is 1. The molecule has 0 fully saturated rings. The smallest absolute Gasteiger partial charge is 0.343 e. The quantitative estimate of drug-likeness (QED) is 0.0257. The molecule has 2 aromatic heterocycles. The van der Waals surface area contributed by atoms with Gasteiger partial charge in [-0.2, -0.15) is 0 Å². The first-order valence-corrected chi connectivity index (χ1v) is 25.2. The van der Waals surface area contributed by atoms with Gasteiger partial charge in [-0.25, -0.2) is 14.2 Å². The molecule has 0 radical (unpaired) electrons. The Morgan fingerprint density at radius 2 is 1.64 bits per heavy atom. The fourth-order valence-electron chi connectivity index (χ4n) is 10.2. The Hall–Kier alpha value is -7.45. The molecule has 1 aliphatic carbocycles. The normalized spacial score (nSPS) is 17.6. The maximum atomic E-state index is 15.4. The number of cyclic esters (lactones) is 1. The largest absolute Gasteiger partial charge is 0.458 e. The highest BCUT2D eigenvalue weighted by Crippen LogP contribution is 2.46. The molecule has 4 aliphatic rings. The highest BCUT2D eigenvalue weighted by atomic mass is 19.1. The van der Waals surface area contributed by atoms with Crippen LogP contribution >= 0.6 is 0 Å². The molecule has 5 N–H and O–H groups in total. The van der Waals surface area contributed by atoms with Gasteiger partial charge in [-0.15, -0.1) is 0 Å². The summed E-state index contributed by atoms with van der Waals surface area (Å²) in [5.41, 5.74) is 2.45. The van der Waals surface area contributed by atoms with Gasteiger partial charge in [-0.3, -0.25) is 43.3 Å². The lowest BCUT2D eigenvalue weighted by atomic mass is 9.81. The van der Waals surface area contributed by atoms with Crippen LogP contribution in [-0.4, -0.2) is 99.2 Å². The highest BCUT2D eigenvalue weighted by Gasteiger charge is 2.46. The van der Waals surface area contributed by atoms with Gasteiger partial charge in [0.15, 0.2) is 11.4 Å². The number of halogens is 1. The lowest BCUT2D eigenvalue weighted by Gasteiger charge is -2.31. The molecule has 3 atom stereocenters. The summed E-state index contributed by atoms with van der Waals surface area (Å²) in [5.74, 6) is -3.74. The third kappa shape index (κ3) is 11.7. The molecule has 19 nitrogen and oxygen atoms in total. The third-order valence-electron chi connectivity index (χ3n) is 14.3. The number of carbonyl (C=O) groups is 8. The zero-order valence-electron chi connectivity index (χ0n) is 41.4. The first-order valence-electron chi connectivity index (χ1n) is 25.2. The fourth-order valence-corrected chi connectivity index (χ4v) is 10.2. The first kappa shape index (κ1) is 52.9. The van der Waals surface area contributed by atoms with Gasteiger partial charge in [0.2, 0.25) is 23.6 Å². The van der Waals surface area contributed by atoms with Crippen molar-refractivity contribution in [2.75, 3.05) is 26.4 Å². The van der Waals surface area contributed by atoms with E-state index in [-0.39, 0.29) is 118 Å². The molecular weight excluding hydrogens is 958 g/mol. The number of fused-ring (bicyclic) bond motifs is 5. The van der Waals surface area contributed by atoms with Crippen molar-refractivity contribution in [3.63, 3.8) is 0 Å². The molecular formula is C54H60FN7O12. The number of aliphatic hydroxyl groups is 1. The Kier molecular flexibility index (Phi) is 16.6. The van der Waals surface area contributed by atoms with Crippen LogP contribution in [0.3, 0.4) is 0 Å². The molecule has 0 saturated carbocycles. The number of pyridine rings is 2. The number of amides is 6. The molecule has 3 aliphatic heterocycles. The molecule has 20 heteroatoms. The second-order valence-electron chi connectivity index (χ2n) is 19.2. The van der Waals surface area contributed by atoms with Gasteiger partial charge in [-0.05, 0) is 86.6 Å². The van der Waals surface area contributed by atoms with Gasteiger partial charge >= 0.3 is 5.97 Å². The first-order chi connectivity index (χ1) is 35.6. The van der Waals surface area contributed by atoms with Crippen LogP contribution in [0.4, 0.5) is 4.39 Å². The lowest BCUT2D eigenvalue weighted by Crippen LogP contribution is -2.44. The minimum Gasteiger partial charge on any atom is -0.458 e. The average molecular weight is 1020 g/mol. The third-order valence-corrected chi connectivity index (χ3v) is 14.3. The van der Waals surface area contributed by atoms with Crippen molar-refractivity contribution in [1.82, 2.24) is 35.7 Å². The number of aromatic nitrogens is 2. The molecule has 0 saturated heterocycles. The topological polar surface area (TPSA) is 262 Å². The number of imide groups is 1. The summed E-state index contributed by atoms with van der Waals surface area (Å²) in [6.07, 6.45) is 6.44. The second kappa shape index (κ2) is 23.2. The number of nitrogens with zero attached hydrogens (tertiary/aromatic N) is 3. The number of carbonyl (C=O) groups excluding carboxylic acids is 8. The zero-order valence-corrected chi connectivity index (χ0v) is 41.4. The Morgan fingerprint density at radius 1 is 0.892 bits per heavy atom. The number of esters is 1. The highest BCUT2D eigenvalue weighted by molar-refractivity contribution is 6.12. The molecule has 6 amide bonds. The maximum Gasteiger partial charge on any atom is 0.343 e. The second-order valence-corrected chi connectivity index (χ2v) is 19.2. The number of hydrogen-bond acceptors (Lipinski definition) is 13. The summed E-state index contributed by atoms with van der Waals surface area (Å²) in [4.78, 5) is 120. The van der Waals surface area contributed by atoms with E-state index in [1.165, 1.54) is 22.8 Å². The van der Waals surface area contributed by atoms with E-state index in [4.69, 9.17) is 14.5 Å². The standard InChI is InChI=1S/C54H60FN7O12/c1-3-54(72)38-24-42-51-36(27-62(42)52(70)37(38)28-74-53(54)71)50-40(18-17-35-31(2)39(55)25-41(60-51)49(35)50)59-46(67)29-73-30-57-44(65)15-10-13-33(23-32-11-6-4-7-12-32)58-45(66)19-16-34(63)26-56-43(64)14-8-5-9-22-61-47(68)20-21-48(61)69/h4,6-7,11-12,20-21,24-25,33,40,72H,3,5,8-10,13-19,22-23,26-30H2,1-2H3,(H,56,64)(H,57,65)(H,58,66)(H,59,67)/t33-,40+,54+/m1/s1. The van der Waals surface area contributed by atoms with Crippen LogP contribution in [0.15, 0.2) is 59.4 Å². The van der Waals surface area contributed by atoms with E-state index < -0.39 is 41.5 Å². The number of benzene rings is 2. The minimum atomic E-state index is -2.03. The number of unbranched alkanes of at least 4 members (excludes halogenated alkanes) is 2. The molecule has 0 unspecified atom stereocenters. The van der Waals surface area contributed by atoms with Crippen molar-refractivity contribution < 1.29 is 57.3 Å². The van der Waals surface area contributed by atoms with Crippen molar-refractivity contribution in [2.24, 2.45) is 0 Å². The number of aryl methyl sites for hydroxylation is 1. The summed E-state index contributed by atoms with van der Waals surface area (Å²) in [7, 11) is 0. The Labute approximate surface area is 425 Å². The molecule has 74 heavy (non-hydrogen) atoms. The summed E-state index contributed by atoms with van der Waals surface area (Å²) in [6, 6.07) is 11.5. The van der Waals surface area contributed by atoms with E-state index in [0.29, 0.717) is 90.3 Å². The molecule has 0 spiro atoms. The predicted octanol–water partition coefficient (Wildman–Crippen LogP) is 3.57. The number of rotatable bonds is 24. The van der Waals surface area contributed by atoms with Gasteiger partial charge in [0, 0.05) is 73.0 Å². The zero-order chi connectivity index (χ0) is 52.7. The van der Waals surface area contributed by atoms with Crippen molar-refractivity contribution in [3.8, 4) is 11.4 Å². The van der Waals surface area contributed by atoms with E-state index >= 15 is 4.39 Å². The molecule has 4 aromatic rings. The van der Waals surface area contributed by atoms with Crippen molar-refractivity contribution in [1.29, 1.82) is 0 Å². The molecule has 5 heterocycles. The maximum absolute atomic E-state index is 15.4. The van der Waals surface area contributed by atoms with Crippen molar-refractivity contribution in [2.45, 2.75) is 128 Å². The van der Waals surface area contributed by atoms with E-state index in [2.05, 4.69) is 21.3 Å². The minimum absolute atomic E-state index is 0.0313. The van der Waals surface area contributed by atoms with Crippen LogP contribution in [0.1, 0.15) is 123 Å². The van der Waals surface area contributed by atoms with Gasteiger partial charge in [0.05, 0.1) is 41.6 Å².